The van der Waals surface area contributed by atoms with Gasteiger partial charge in [0.2, 0.25) is 0 Å². The average Bonchev–Trinajstić information content (AvgIpc) is 2.79. The van der Waals surface area contributed by atoms with Gasteiger partial charge in [-0.15, -0.1) is 0 Å². The Bertz CT molecular complexity index is 1450. The highest BCUT2D eigenvalue weighted by Gasteiger charge is 2.14. The zero-order chi connectivity index (χ0) is 24.4. The highest BCUT2D eigenvalue weighted by Crippen LogP contribution is 2.35. The first kappa shape index (κ1) is 24.9. The molecule has 1 heterocycles. The van der Waals surface area contributed by atoms with Crippen molar-refractivity contribution in [1.82, 2.24) is 9.66 Å². The molecule has 0 aliphatic rings. The van der Waals surface area contributed by atoms with E-state index < -0.39 is 0 Å². The van der Waals surface area contributed by atoms with Gasteiger partial charge in [-0.1, -0.05) is 71.2 Å². The summed E-state index contributed by atoms with van der Waals surface area (Å²) in [7, 11) is 0. The molecule has 9 heteroatoms. The molecule has 3 aromatic carbocycles. The van der Waals surface area contributed by atoms with Gasteiger partial charge in [0.25, 0.3) is 5.56 Å². The maximum Gasteiger partial charge on any atom is 0.282 e. The number of halogens is 4. The van der Waals surface area contributed by atoms with Crippen LogP contribution in [0.15, 0.2) is 73.4 Å². The standard InChI is InChI=1S/C25H19Br2Cl2N3O2/c1-14(2)24-31-22-8-7-17(26)11-18(22)25(33)32(24)30-12-15-9-19(27)23(21(29)10-15)34-13-16-5-3-4-6-20(16)28/h3-12,14H,13H2,1-2H3. The number of rotatable bonds is 6. The predicted molar refractivity (Wildman–Crippen MR) is 146 cm³/mol. The Morgan fingerprint density at radius 2 is 1.85 bits per heavy atom. The molecule has 0 aliphatic carbocycles. The molecule has 0 unspecified atom stereocenters. The molecule has 34 heavy (non-hydrogen) atoms. The van der Waals surface area contributed by atoms with Crippen molar-refractivity contribution >= 4 is 72.2 Å². The van der Waals surface area contributed by atoms with Gasteiger partial charge in [0.15, 0.2) is 5.75 Å². The summed E-state index contributed by atoms with van der Waals surface area (Å²) < 4.78 is 8.70. The Morgan fingerprint density at radius 3 is 2.56 bits per heavy atom. The summed E-state index contributed by atoms with van der Waals surface area (Å²) in [6.45, 7) is 4.21. The summed E-state index contributed by atoms with van der Waals surface area (Å²) in [5.74, 6) is 1.06. The number of benzene rings is 3. The number of aromatic nitrogens is 2. The molecule has 0 radical (unpaired) electrons. The van der Waals surface area contributed by atoms with Crippen molar-refractivity contribution in [3.8, 4) is 5.75 Å². The van der Waals surface area contributed by atoms with Gasteiger partial charge >= 0.3 is 0 Å². The maximum absolute atomic E-state index is 13.2. The fourth-order valence-corrected chi connectivity index (χ4v) is 4.87. The van der Waals surface area contributed by atoms with Crippen LogP contribution in [0.5, 0.6) is 5.75 Å². The van der Waals surface area contributed by atoms with Crippen LogP contribution >= 0.6 is 55.1 Å². The molecule has 0 saturated heterocycles. The lowest BCUT2D eigenvalue weighted by molar-refractivity contribution is 0.304. The van der Waals surface area contributed by atoms with Crippen LogP contribution in [0.1, 0.15) is 36.7 Å². The molecule has 0 N–H and O–H groups in total. The van der Waals surface area contributed by atoms with Gasteiger partial charge < -0.3 is 4.74 Å². The topological polar surface area (TPSA) is 56.5 Å². The number of hydrogen-bond donors (Lipinski definition) is 0. The molecule has 0 fully saturated rings. The zero-order valence-electron chi connectivity index (χ0n) is 18.2. The molecule has 5 nitrogen and oxygen atoms in total. The minimum absolute atomic E-state index is 0.00573. The van der Waals surface area contributed by atoms with E-state index in [4.69, 9.17) is 27.9 Å². The molecule has 0 saturated carbocycles. The molecule has 4 rings (SSSR count). The highest BCUT2D eigenvalue weighted by atomic mass is 79.9. The third-order valence-electron chi connectivity index (χ3n) is 5.02. The van der Waals surface area contributed by atoms with Gasteiger partial charge in [0, 0.05) is 21.0 Å². The molecular weight excluding hydrogens is 605 g/mol. The third-order valence-corrected chi connectivity index (χ3v) is 6.75. The Kier molecular flexibility index (Phi) is 7.77. The first-order valence-electron chi connectivity index (χ1n) is 10.4. The second-order valence-electron chi connectivity index (χ2n) is 7.84. The van der Waals surface area contributed by atoms with E-state index >= 15 is 0 Å². The molecule has 0 spiro atoms. The Hall–Kier alpha value is -2.19. The molecule has 174 valence electrons. The van der Waals surface area contributed by atoms with E-state index in [9.17, 15) is 4.79 Å². The largest absolute Gasteiger partial charge is 0.486 e. The number of ether oxygens (including phenoxy) is 1. The summed E-state index contributed by atoms with van der Waals surface area (Å²) in [5.41, 5.74) is 1.94. The van der Waals surface area contributed by atoms with E-state index in [0.29, 0.717) is 42.6 Å². The van der Waals surface area contributed by atoms with Crippen LogP contribution in [-0.2, 0) is 6.61 Å². The van der Waals surface area contributed by atoms with E-state index in [2.05, 4.69) is 41.9 Å². The highest BCUT2D eigenvalue weighted by molar-refractivity contribution is 9.10. The van der Waals surface area contributed by atoms with Crippen LogP contribution in [0.25, 0.3) is 10.9 Å². The Balaban J connectivity index is 1.66. The number of nitrogens with zero attached hydrogens (tertiary/aromatic N) is 3. The van der Waals surface area contributed by atoms with Crippen LogP contribution in [-0.4, -0.2) is 15.9 Å². The van der Waals surface area contributed by atoms with E-state index in [1.807, 2.05) is 56.3 Å². The zero-order valence-corrected chi connectivity index (χ0v) is 22.9. The van der Waals surface area contributed by atoms with Gasteiger partial charge in [0.1, 0.15) is 12.4 Å². The summed E-state index contributed by atoms with van der Waals surface area (Å²) in [4.78, 5) is 17.8. The second kappa shape index (κ2) is 10.6. The van der Waals surface area contributed by atoms with Crippen LogP contribution in [0, 0.1) is 0 Å². The van der Waals surface area contributed by atoms with Gasteiger partial charge in [-0.2, -0.15) is 9.78 Å². The van der Waals surface area contributed by atoms with Crippen molar-refractivity contribution in [1.29, 1.82) is 0 Å². The van der Waals surface area contributed by atoms with Crippen LogP contribution in [0.4, 0.5) is 0 Å². The monoisotopic (exact) mass is 621 g/mol. The van der Waals surface area contributed by atoms with Crippen molar-refractivity contribution in [2.45, 2.75) is 26.4 Å². The SMILES string of the molecule is CC(C)c1nc2ccc(Br)cc2c(=O)n1N=Cc1cc(Cl)c(OCc2ccccc2Cl)c(Br)c1. The quantitative estimate of drug-likeness (QED) is 0.206. The first-order valence-corrected chi connectivity index (χ1v) is 12.7. The number of fused-ring (bicyclic) bond motifs is 1. The van der Waals surface area contributed by atoms with Crippen molar-refractivity contribution < 1.29 is 4.74 Å². The Labute approximate surface area is 223 Å². The first-order chi connectivity index (χ1) is 16.2. The third kappa shape index (κ3) is 5.38. The summed E-state index contributed by atoms with van der Waals surface area (Å²) in [6, 6.07) is 16.4. The van der Waals surface area contributed by atoms with Crippen LogP contribution < -0.4 is 10.3 Å². The Morgan fingerprint density at radius 1 is 1.09 bits per heavy atom. The van der Waals surface area contributed by atoms with Crippen molar-refractivity contribution in [3.63, 3.8) is 0 Å². The lowest BCUT2D eigenvalue weighted by Gasteiger charge is -2.13. The summed E-state index contributed by atoms with van der Waals surface area (Å²) in [6.07, 6.45) is 1.58. The van der Waals surface area contributed by atoms with Crippen LogP contribution in [0.2, 0.25) is 10.0 Å². The molecular formula is C25H19Br2Cl2N3O2. The minimum atomic E-state index is -0.240. The molecule has 0 bridgehead atoms. The summed E-state index contributed by atoms with van der Waals surface area (Å²) >= 11 is 19.6. The normalized spacial score (nSPS) is 11.6. The van der Waals surface area contributed by atoms with Gasteiger partial charge in [-0.25, -0.2) is 4.98 Å². The second-order valence-corrected chi connectivity index (χ2v) is 10.4. The van der Waals surface area contributed by atoms with Crippen molar-refractivity contribution in [2.24, 2.45) is 5.10 Å². The fraction of sp³-hybridized carbons (Fsp3) is 0.160. The van der Waals surface area contributed by atoms with E-state index in [-0.39, 0.29) is 18.1 Å². The van der Waals surface area contributed by atoms with Gasteiger partial charge in [-0.05, 0) is 57.9 Å². The smallest absolute Gasteiger partial charge is 0.282 e. The molecule has 0 amide bonds. The van der Waals surface area contributed by atoms with Gasteiger partial charge in [-0.3, -0.25) is 4.79 Å². The molecule has 0 atom stereocenters. The predicted octanol–water partition coefficient (Wildman–Crippen LogP) is 7.81. The van der Waals surface area contributed by atoms with Crippen molar-refractivity contribution in [3.05, 3.63) is 101 Å². The van der Waals surface area contributed by atoms with E-state index in [0.717, 1.165) is 10.0 Å². The van der Waals surface area contributed by atoms with Crippen molar-refractivity contribution in [2.75, 3.05) is 0 Å². The molecule has 0 aliphatic heterocycles. The van der Waals surface area contributed by atoms with Gasteiger partial charge in [0.05, 0.1) is 26.6 Å². The number of hydrogen-bond acceptors (Lipinski definition) is 4. The summed E-state index contributed by atoms with van der Waals surface area (Å²) in [5, 5.41) is 5.97. The fourth-order valence-electron chi connectivity index (χ4n) is 3.33. The van der Waals surface area contributed by atoms with E-state index in [1.54, 1.807) is 18.3 Å². The molecule has 4 aromatic rings. The van der Waals surface area contributed by atoms with Crippen LogP contribution in [0.3, 0.4) is 0 Å². The minimum Gasteiger partial charge on any atom is -0.486 e. The lowest BCUT2D eigenvalue weighted by atomic mass is 10.2. The lowest BCUT2D eigenvalue weighted by Crippen LogP contribution is -2.23. The molecule has 1 aromatic heterocycles. The average molecular weight is 624 g/mol. The van der Waals surface area contributed by atoms with E-state index in [1.165, 1.54) is 4.68 Å². The maximum atomic E-state index is 13.2.